The molecule has 1 amide bonds. The molecule has 0 unspecified atom stereocenters. The predicted octanol–water partition coefficient (Wildman–Crippen LogP) is 3.40. The first-order chi connectivity index (χ1) is 9.90. The molecule has 1 aromatic rings. The van der Waals surface area contributed by atoms with Crippen LogP contribution in [0.3, 0.4) is 0 Å². The maximum Gasteiger partial charge on any atom is 0.407 e. The number of azide groups is 1. The van der Waals surface area contributed by atoms with Gasteiger partial charge in [-0.1, -0.05) is 17.2 Å². The lowest BCUT2D eigenvalue weighted by molar-refractivity contribution is 0.0520. The molecule has 0 radical (unpaired) electrons. The molecule has 7 heteroatoms. The molecule has 0 heterocycles. The van der Waals surface area contributed by atoms with Gasteiger partial charge in [-0.25, -0.2) is 4.79 Å². The lowest BCUT2D eigenvalue weighted by Crippen LogP contribution is -2.34. The number of nitrogens with one attached hydrogen (secondary N) is 1. The molecule has 0 aliphatic rings. The molecule has 0 saturated carbocycles. The van der Waals surface area contributed by atoms with Gasteiger partial charge in [0.1, 0.15) is 18.0 Å². The van der Waals surface area contributed by atoms with Crippen LogP contribution in [0.4, 0.5) is 4.79 Å². The van der Waals surface area contributed by atoms with Crippen molar-refractivity contribution < 1.29 is 14.3 Å². The van der Waals surface area contributed by atoms with E-state index in [9.17, 15) is 4.79 Å². The summed E-state index contributed by atoms with van der Waals surface area (Å²) in [5.74, 6) is 0.686. The largest absolute Gasteiger partial charge is 0.492 e. The minimum atomic E-state index is -0.507. The van der Waals surface area contributed by atoms with Gasteiger partial charge in [0, 0.05) is 4.91 Å². The number of rotatable bonds is 6. The topological polar surface area (TPSA) is 96.3 Å². The van der Waals surface area contributed by atoms with Crippen LogP contribution in [0.25, 0.3) is 10.4 Å². The predicted molar refractivity (Wildman–Crippen MR) is 79.0 cm³/mol. The molecule has 114 valence electrons. The molecule has 0 aliphatic heterocycles. The van der Waals surface area contributed by atoms with E-state index in [1.807, 2.05) is 12.1 Å². The Kier molecular flexibility index (Phi) is 6.36. The average molecular weight is 292 g/mol. The van der Waals surface area contributed by atoms with E-state index in [1.165, 1.54) is 0 Å². The molecule has 0 bridgehead atoms. The minimum Gasteiger partial charge on any atom is -0.492 e. The Morgan fingerprint density at radius 3 is 2.57 bits per heavy atom. The van der Waals surface area contributed by atoms with Crippen molar-refractivity contribution in [3.63, 3.8) is 0 Å². The maximum absolute atomic E-state index is 11.4. The van der Waals surface area contributed by atoms with E-state index in [0.717, 1.165) is 5.56 Å². The van der Waals surface area contributed by atoms with Crippen molar-refractivity contribution in [2.45, 2.75) is 32.9 Å². The molecule has 0 fully saturated rings. The van der Waals surface area contributed by atoms with Crippen LogP contribution in [0.1, 0.15) is 26.3 Å². The fourth-order valence-electron chi connectivity index (χ4n) is 1.44. The van der Waals surface area contributed by atoms with Gasteiger partial charge in [-0.3, -0.25) is 0 Å². The monoisotopic (exact) mass is 292 g/mol. The molecule has 0 aromatic heterocycles. The van der Waals surface area contributed by atoms with Crippen molar-refractivity contribution in [2.75, 3.05) is 13.2 Å². The highest BCUT2D eigenvalue weighted by Gasteiger charge is 2.15. The smallest absolute Gasteiger partial charge is 0.407 e. The van der Waals surface area contributed by atoms with Crippen LogP contribution >= 0.6 is 0 Å². The Morgan fingerprint density at radius 2 is 2.00 bits per heavy atom. The van der Waals surface area contributed by atoms with Gasteiger partial charge in [0.15, 0.2) is 0 Å². The van der Waals surface area contributed by atoms with Gasteiger partial charge < -0.3 is 14.8 Å². The number of carbonyl (C=O) groups excluding carboxylic acids is 1. The van der Waals surface area contributed by atoms with Crippen molar-refractivity contribution in [3.05, 3.63) is 40.3 Å². The van der Waals surface area contributed by atoms with Crippen LogP contribution in [0.2, 0.25) is 0 Å². The fraction of sp³-hybridized carbons (Fsp3) is 0.500. The lowest BCUT2D eigenvalue weighted by Gasteiger charge is -2.19. The summed E-state index contributed by atoms with van der Waals surface area (Å²) < 4.78 is 10.6. The van der Waals surface area contributed by atoms with Crippen LogP contribution in [0, 0.1) is 0 Å². The van der Waals surface area contributed by atoms with Crippen LogP contribution in [-0.2, 0) is 11.3 Å². The summed E-state index contributed by atoms with van der Waals surface area (Å²) in [6.07, 6.45) is -0.462. The molecule has 7 nitrogen and oxygen atoms in total. The zero-order valence-electron chi connectivity index (χ0n) is 12.5. The first-order valence-electron chi connectivity index (χ1n) is 6.60. The summed E-state index contributed by atoms with van der Waals surface area (Å²) in [5, 5.41) is 6.08. The third kappa shape index (κ3) is 7.69. The zero-order chi connectivity index (χ0) is 15.7. The lowest BCUT2D eigenvalue weighted by atomic mass is 10.2. The number of benzene rings is 1. The highest BCUT2D eigenvalue weighted by Crippen LogP contribution is 2.12. The molecular formula is C14H20N4O3. The van der Waals surface area contributed by atoms with E-state index in [1.54, 1.807) is 32.9 Å². The average Bonchev–Trinajstić information content (AvgIpc) is 2.41. The Hall–Kier alpha value is -2.40. The zero-order valence-corrected chi connectivity index (χ0v) is 12.5. The highest BCUT2D eigenvalue weighted by atomic mass is 16.6. The van der Waals surface area contributed by atoms with Gasteiger partial charge in [-0.15, -0.1) is 0 Å². The molecule has 21 heavy (non-hydrogen) atoms. The molecule has 1 aromatic carbocycles. The minimum absolute atomic E-state index is 0.316. The summed E-state index contributed by atoms with van der Waals surface area (Å²) >= 11 is 0. The van der Waals surface area contributed by atoms with Crippen molar-refractivity contribution in [1.29, 1.82) is 0 Å². The van der Waals surface area contributed by atoms with Crippen molar-refractivity contribution in [3.8, 4) is 5.75 Å². The Balaban J connectivity index is 2.26. The Labute approximate surface area is 123 Å². The maximum atomic E-state index is 11.4. The number of nitrogens with zero attached hydrogens (tertiary/aromatic N) is 3. The van der Waals surface area contributed by atoms with E-state index in [4.69, 9.17) is 15.0 Å². The van der Waals surface area contributed by atoms with Gasteiger partial charge in [0.05, 0.1) is 13.1 Å². The molecular weight excluding hydrogens is 272 g/mol. The van der Waals surface area contributed by atoms with Gasteiger partial charge >= 0.3 is 6.09 Å². The third-order valence-corrected chi connectivity index (χ3v) is 2.28. The van der Waals surface area contributed by atoms with Crippen LogP contribution < -0.4 is 10.1 Å². The third-order valence-electron chi connectivity index (χ3n) is 2.28. The molecule has 1 N–H and O–H groups in total. The molecule has 0 atom stereocenters. The molecule has 1 rings (SSSR count). The molecule has 0 saturated heterocycles. The number of carbonyl (C=O) groups is 1. The Morgan fingerprint density at radius 1 is 1.33 bits per heavy atom. The summed E-state index contributed by atoms with van der Waals surface area (Å²) in [4.78, 5) is 14.1. The van der Waals surface area contributed by atoms with Gasteiger partial charge in [0.25, 0.3) is 0 Å². The van der Waals surface area contributed by atoms with E-state index >= 15 is 0 Å². The number of hydrogen-bond donors (Lipinski definition) is 1. The SMILES string of the molecule is CC(C)(C)OC(=O)NCCOc1ccc(CN=[N+]=[N-])cc1. The second kappa shape index (κ2) is 8.01. The fourth-order valence-corrected chi connectivity index (χ4v) is 1.44. The number of alkyl carbamates (subject to hydrolysis) is 1. The van der Waals surface area contributed by atoms with Crippen molar-refractivity contribution in [2.24, 2.45) is 5.11 Å². The normalized spacial score (nSPS) is 10.4. The van der Waals surface area contributed by atoms with Gasteiger partial charge in [-0.2, -0.15) is 0 Å². The number of hydrogen-bond acceptors (Lipinski definition) is 4. The molecule has 0 aliphatic carbocycles. The number of ether oxygens (including phenoxy) is 2. The second-order valence-electron chi connectivity index (χ2n) is 5.31. The van der Waals surface area contributed by atoms with Crippen molar-refractivity contribution >= 4 is 6.09 Å². The van der Waals surface area contributed by atoms with E-state index in [0.29, 0.717) is 25.4 Å². The van der Waals surface area contributed by atoms with E-state index in [2.05, 4.69) is 15.3 Å². The Bertz CT molecular complexity index is 502. The summed E-state index contributed by atoms with van der Waals surface area (Å²) in [7, 11) is 0. The quantitative estimate of drug-likeness (QED) is 0.376. The number of amides is 1. The van der Waals surface area contributed by atoms with Crippen molar-refractivity contribution in [1.82, 2.24) is 5.32 Å². The van der Waals surface area contributed by atoms with E-state index < -0.39 is 11.7 Å². The van der Waals surface area contributed by atoms with Gasteiger partial charge in [-0.05, 0) is 44.0 Å². The summed E-state index contributed by atoms with van der Waals surface area (Å²) in [5.41, 5.74) is 8.63. The summed E-state index contributed by atoms with van der Waals surface area (Å²) in [6.45, 7) is 6.43. The van der Waals surface area contributed by atoms with Crippen LogP contribution in [-0.4, -0.2) is 24.8 Å². The molecule has 0 spiro atoms. The van der Waals surface area contributed by atoms with Crippen LogP contribution in [0.15, 0.2) is 29.4 Å². The summed E-state index contributed by atoms with van der Waals surface area (Å²) in [6, 6.07) is 7.22. The van der Waals surface area contributed by atoms with E-state index in [-0.39, 0.29) is 0 Å². The first kappa shape index (κ1) is 16.7. The van der Waals surface area contributed by atoms with Crippen LogP contribution in [0.5, 0.6) is 5.75 Å². The highest BCUT2D eigenvalue weighted by molar-refractivity contribution is 5.67. The van der Waals surface area contributed by atoms with Gasteiger partial charge in [0.2, 0.25) is 0 Å². The second-order valence-corrected chi connectivity index (χ2v) is 5.31. The standard InChI is InChI=1S/C14H20N4O3/c1-14(2,3)21-13(19)16-8-9-20-12-6-4-11(5-7-12)10-17-18-15/h4-7H,8-10H2,1-3H3,(H,16,19). The first-order valence-corrected chi connectivity index (χ1v) is 6.60.